The number of halogens is 3. The average Bonchev–Trinajstić information content (AvgIpc) is 2.80. The fraction of sp³-hybridized carbons (Fsp3) is 0.125. The highest BCUT2D eigenvalue weighted by molar-refractivity contribution is 9.10. The van der Waals surface area contributed by atoms with Gasteiger partial charge < -0.3 is 9.47 Å². The van der Waals surface area contributed by atoms with Crippen LogP contribution in [0.15, 0.2) is 73.4 Å². The summed E-state index contributed by atoms with van der Waals surface area (Å²) in [7, 11) is 1.57. The second-order valence-electron chi connectivity index (χ2n) is 7.12. The Morgan fingerprint density at radius 2 is 1.85 bits per heavy atom. The highest BCUT2D eigenvalue weighted by atomic mass is 79.9. The van der Waals surface area contributed by atoms with Crippen molar-refractivity contribution in [3.05, 3.63) is 95.9 Å². The predicted octanol–water partition coefficient (Wildman–Crippen LogP) is 6.35. The lowest BCUT2D eigenvalue weighted by Crippen LogP contribution is -2.20. The first-order valence-corrected chi connectivity index (χ1v) is 11.8. The Morgan fingerprint density at radius 3 is 2.58 bits per heavy atom. The molecule has 0 fully saturated rings. The maximum absolute atomic E-state index is 12.9. The van der Waals surface area contributed by atoms with Gasteiger partial charge in [-0.05, 0) is 70.9 Å². The molecular formula is C24H18Br2ClN3O3. The molecule has 3 aromatic carbocycles. The first kappa shape index (κ1) is 23.5. The zero-order valence-electron chi connectivity index (χ0n) is 17.7. The lowest BCUT2D eigenvalue weighted by atomic mass is 10.2. The van der Waals surface area contributed by atoms with E-state index in [9.17, 15) is 4.79 Å². The minimum Gasteiger partial charge on any atom is -0.493 e. The summed E-state index contributed by atoms with van der Waals surface area (Å²) < 4.78 is 14.3. The number of ether oxygens (including phenoxy) is 2. The normalized spacial score (nSPS) is 11.3. The quantitative estimate of drug-likeness (QED) is 0.245. The average molecular weight is 592 g/mol. The number of methoxy groups -OCH3 is 1. The van der Waals surface area contributed by atoms with Crippen molar-refractivity contribution in [2.75, 3.05) is 7.11 Å². The van der Waals surface area contributed by atoms with Crippen LogP contribution < -0.4 is 15.0 Å². The zero-order chi connectivity index (χ0) is 23.5. The molecule has 0 spiro atoms. The second-order valence-corrected chi connectivity index (χ2v) is 9.33. The number of benzene rings is 3. The van der Waals surface area contributed by atoms with Crippen LogP contribution in [0, 0.1) is 6.92 Å². The fourth-order valence-electron chi connectivity index (χ4n) is 3.18. The third-order valence-corrected chi connectivity index (χ3v) is 6.30. The first-order valence-electron chi connectivity index (χ1n) is 9.84. The molecule has 0 saturated carbocycles. The Hall–Kier alpha value is -2.68. The molecule has 0 N–H and O–H groups in total. The van der Waals surface area contributed by atoms with Crippen molar-refractivity contribution in [3.8, 4) is 11.5 Å². The number of aromatic nitrogens is 2. The van der Waals surface area contributed by atoms with Crippen LogP contribution in [-0.2, 0) is 6.61 Å². The van der Waals surface area contributed by atoms with E-state index in [0.717, 1.165) is 14.5 Å². The van der Waals surface area contributed by atoms with Gasteiger partial charge in [-0.3, -0.25) is 4.79 Å². The summed E-state index contributed by atoms with van der Waals surface area (Å²) in [4.78, 5) is 17.4. The summed E-state index contributed by atoms with van der Waals surface area (Å²) >= 11 is 12.9. The molecule has 4 rings (SSSR count). The fourth-order valence-corrected chi connectivity index (χ4v) is 4.09. The van der Waals surface area contributed by atoms with Gasteiger partial charge in [-0.15, -0.1) is 0 Å². The van der Waals surface area contributed by atoms with Gasteiger partial charge in [0.25, 0.3) is 5.56 Å². The van der Waals surface area contributed by atoms with E-state index in [2.05, 4.69) is 41.9 Å². The van der Waals surface area contributed by atoms with Gasteiger partial charge in [0.2, 0.25) is 0 Å². The molecule has 0 aliphatic carbocycles. The van der Waals surface area contributed by atoms with E-state index in [1.54, 1.807) is 38.4 Å². The highest BCUT2D eigenvalue weighted by Crippen LogP contribution is 2.33. The van der Waals surface area contributed by atoms with Gasteiger partial charge in [0.1, 0.15) is 12.4 Å². The highest BCUT2D eigenvalue weighted by Gasteiger charge is 2.11. The van der Waals surface area contributed by atoms with Gasteiger partial charge in [0.15, 0.2) is 11.5 Å². The van der Waals surface area contributed by atoms with E-state index in [-0.39, 0.29) is 5.56 Å². The number of rotatable bonds is 6. The largest absolute Gasteiger partial charge is 0.493 e. The van der Waals surface area contributed by atoms with Gasteiger partial charge in [-0.1, -0.05) is 39.7 Å². The lowest BCUT2D eigenvalue weighted by molar-refractivity contribution is 0.284. The Kier molecular flexibility index (Phi) is 7.17. The van der Waals surface area contributed by atoms with Gasteiger partial charge in [-0.2, -0.15) is 9.78 Å². The maximum atomic E-state index is 12.9. The molecule has 0 unspecified atom stereocenters. The second kappa shape index (κ2) is 10.1. The maximum Gasteiger partial charge on any atom is 0.282 e. The molecule has 0 atom stereocenters. The van der Waals surface area contributed by atoms with Crippen LogP contribution in [0.25, 0.3) is 10.9 Å². The summed E-state index contributed by atoms with van der Waals surface area (Å²) in [5.41, 5.74) is 2.07. The number of fused-ring (bicyclic) bond motifs is 1. The van der Waals surface area contributed by atoms with Gasteiger partial charge in [-0.25, -0.2) is 4.98 Å². The van der Waals surface area contributed by atoms with E-state index in [1.807, 2.05) is 36.4 Å². The van der Waals surface area contributed by atoms with E-state index in [4.69, 9.17) is 21.1 Å². The molecule has 0 amide bonds. The molecule has 33 heavy (non-hydrogen) atoms. The van der Waals surface area contributed by atoms with Crippen molar-refractivity contribution in [1.82, 2.24) is 9.66 Å². The van der Waals surface area contributed by atoms with Crippen LogP contribution in [-0.4, -0.2) is 23.0 Å². The molecule has 0 aliphatic rings. The van der Waals surface area contributed by atoms with Crippen LogP contribution in [0.3, 0.4) is 0 Å². The molecular weight excluding hydrogens is 574 g/mol. The molecule has 9 heteroatoms. The lowest BCUT2D eigenvalue weighted by Gasteiger charge is -2.13. The molecule has 6 nitrogen and oxygen atoms in total. The Morgan fingerprint density at radius 1 is 1.09 bits per heavy atom. The predicted molar refractivity (Wildman–Crippen MR) is 138 cm³/mol. The third kappa shape index (κ3) is 5.29. The van der Waals surface area contributed by atoms with Crippen molar-refractivity contribution in [1.29, 1.82) is 0 Å². The van der Waals surface area contributed by atoms with E-state index >= 15 is 0 Å². The van der Waals surface area contributed by atoms with Gasteiger partial charge in [0, 0.05) is 19.5 Å². The number of hydrogen-bond donors (Lipinski definition) is 0. The summed E-state index contributed by atoms with van der Waals surface area (Å²) in [6.07, 6.45) is 1.58. The summed E-state index contributed by atoms with van der Waals surface area (Å²) in [5.74, 6) is 1.59. The zero-order valence-corrected chi connectivity index (χ0v) is 21.6. The van der Waals surface area contributed by atoms with Crippen LogP contribution in [0.4, 0.5) is 0 Å². The molecule has 168 valence electrons. The minimum atomic E-state index is -0.249. The van der Waals surface area contributed by atoms with Gasteiger partial charge in [0.05, 0.1) is 24.2 Å². The Balaban J connectivity index is 1.63. The number of nitrogens with zero attached hydrogens (tertiary/aromatic N) is 3. The van der Waals surface area contributed by atoms with Crippen molar-refractivity contribution >= 4 is 60.6 Å². The van der Waals surface area contributed by atoms with Crippen molar-refractivity contribution in [2.45, 2.75) is 13.5 Å². The van der Waals surface area contributed by atoms with Crippen LogP contribution in [0.5, 0.6) is 11.5 Å². The standard InChI is InChI=1S/C24H18Br2ClN3O3/c1-14-29-21-8-5-17(25)10-19(21)24(31)30(14)28-12-16-9-22(32-2)23(11-20(16)26)33-13-15-3-6-18(27)7-4-15/h3-12H,13H2,1-2H3. The van der Waals surface area contributed by atoms with Crippen LogP contribution in [0.1, 0.15) is 17.0 Å². The molecule has 0 radical (unpaired) electrons. The number of aryl methyl sites for hydroxylation is 1. The van der Waals surface area contributed by atoms with E-state index < -0.39 is 0 Å². The van der Waals surface area contributed by atoms with Crippen LogP contribution >= 0.6 is 43.5 Å². The molecule has 0 saturated heterocycles. The van der Waals surface area contributed by atoms with Crippen LogP contribution in [0.2, 0.25) is 5.02 Å². The first-order chi connectivity index (χ1) is 15.9. The van der Waals surface area contributed by atoms with E-state index in [0.29, 0.717) is 45.4 Å². The molecule has 1 aromatic heterocycles. The number of hydrogen-bond acceptors (Lipinski definition) is 5. The minimum absolute atomic E-state index is 0.249. The van der Waals surface area contributed by atoms with E-state index in [1.165, 1.54) is 4.68 Å². The van der Waals surface area contributed by atoms with Crippen molar-refractivity contribution in [3.63, 3.8) is 0 Å². The smallest absolute Gasteiger partial charge is 0.282 e. The molecule has 4 aromatic rings. The molecule has 0 bridgehead atoms. The Labute approximate surface area is 212 Å². The van der Waals surface area contributed by atoms with Crippen molar-refractivity contribution in [2.24, 2.45) is 5.10 Å². The summed E-state index contributed by atoms with van der Waals surface area (Å²) in [6.45, 7) is 2.10. The van der Waals surface area contributed by atoms with Crippen molar-refractivity contribution < 1.29 is 9.47 Å². The molecule has 0 aliphatic heterocycles. The monoisotopic (exact) mass is 589 g/mol. The molecule has 1 heterocycles. The Bertz CT molecular complexity index is 1420. The SMILES string of the molecule is COc1cc(C=Nn2c(C)nc3ccc(Br)cc3c2=O)c(Br)cc1OCc1ccc(Cl)cc1. The third-order valence-electron chi connectivity index (χ3n) is 4.87. The topological polar surface area (TPSA) is 65.7 Å². The summed E-state index contributed by atoms with van der Waals surface area (Å²) in [5, 5.41) is 5.54. The van der Waals surface area contributed by atoms with Gasteiger partial charge >= 0.3 is 0 Å². The summed E-state index contributed by atoms with van der Waals surface area (Å²) in [6, 6.07) is 16.4.